The van der Waals surface area contributed by atoms with Gasteiger partial charge in [0.15, 0.2) is 0 Å². The van der Waals surface area contributed by atoms with Crippen molar-refractivity contribution in [2.24, 2.45) is 0 Å². The van der Waals surface area contributed by atoms with Gasteiger partial charge in [-0.3, -0.25) is 4.79 Å². The molecule has 0 bridgehead atoms. The fourth-order valence-corrected chi connectivity index (χ4v) is 3.83. The van der Waals surface area contributed by atoms with Gasteiger partial charge in [0.25, 0.3) is 0 Å². The number of hydrogen-bond donors (Lipinski definition) is 1. The van der Waals surface area contributed by atoms with E-state index in [2.05, 4.69) is 22.6 Å². The number of methoxy groups -OCH3 is 1. The van der Waals surface area contributed by atoms with E-state index in [0.29, 0.717) is 31.1 Å². The van der Waals surface area contributed by atoms with Gasteiger partial charge in [0, 0.05) is 23.4 Å². The highest BCUT2D eigenvalue weighted by atomic mass is 127. The fourth-order valence-electron chi connectivity index (χ4n) is 3.01. The molecule has 0 atom stereocenters. The lowest BCUT2D eigenvalue weighted by molar-refractivity contribution is -0.142. The van der Waals surface area contributed by atoms with Gasteiger partial charge >= 0.3 is 5.97 Å². The lowest BCUT2D eigenvalue weighted by Crippen LogP contribution is -2.09. The Morgan fingerprint density at radius 3 is 2.76 bits per heavy atom. The van der Waals surface area contributed by atoms with Gasteiger partial charge in [0.2, 0.25) is 0 Å². The molecule has 154 valence electrons. The molecule has 0 aliphatic carbocycles. The zero-order valence-corrected chi connectivity index (χ0v) is 18.5. The van der Waals surface area contributed by atoms with Crippen molar-refractivity contribution in [3.8, 4) is 11.5 Å². The number of benzene rings is 2. The number of fused-ring (bicyclic) bond motifs is 1. The summed E-state index contributed by atoms with van der Waals surface area (Å²) in [4.78, 5) is 11.9. The van der Waals surface area contributed by atoms with Crippen LogP contribution in [0.1, 0.15) is 23.8 Å². The summed E-state index contributed by atoms with van der Waals surface area (Å²) in [6, 6.07) is 11.3. The van der Waals surface area contributed by atoms with Crippen LogP contribution < -0.4 is 9.47 Å². The average Bonchev–Trinajstić information content (AvgIpc) is 3.11. The van der Waals surface area contributed by atoms with E-state index < -0.39 is 0 Å². The highest BCUT2D eigenvalue weighted by molar-refractivity contribution is 14.1. The van der Waals surface area contributed by atoms with Crippen LogP contribution in [0.5, 0.6) is 11.5 Å². The van der Waals surface area contributed by atoms with Gasteiger partial charge in [0.1, 0.15) is 29.4 Å². The van der Waals surface area contributed by atoms with Gasteiger partial charge in [-0.15, -0.1) is 0 Å². The van der Waals surface area contributed by atoms with E-state index in [0.717, 1.165) is 31.4 Å². The van der Waals surface area contributed by atoms with Gasteiger partial charge in [-0.25, -0.2) is 0 Å². The van der Waals surface area contributed by atoms with Crippen molar-refractivity contribution >= 4 is 39.5 Å². The summed E-state index contributed by atoms with van der Waals surface area (Å²) in [6.45, 7) is 2.50. The molecule has 0 spiro atoms. The Kier molecular flexibility index (Phi) is 7.38. The van der Waals surface area contributed by atoms with Crippen molar-refractivity contribution in [3.05, 3.63) is 56.9 Å². The van der Waals surface area contributed by atoms with Crippen molar-refractivity contribution in [2.75, 3.05) is 20.3 Å². The predicted molar refractivity (Wildman–Crippen MR) is 117 cm³/mol. The molecule has 2 aromatic carbocycles. The van der Waals surface area contributed by atoms with Crippen LogP contribution in [0.2, 0.25) is 0 Å². The lowest BCUT2D eigenvalue weighted by atomic mass is 10.1. The monoisotopic (exact) mass is 510 g/mol. The van der Waals surface area contributed by atoms with Crippen LogP contribution in [0, 0.1) is 3.57 Å². The molecule has 6 nitrogen and oxygen atoms in total. The molecule has 7 heteroatoms. The minimum absolute atomic E-state index is 0.0471. The molecular formula is C22H23IO6. The first-order chi connectivity index (χ1) is 14.0. The summed E-state index contributed by atoms with van der Waals surface area (Å²) in [5, 5.41) is 10.1. The SMILES string of the molecule is CCOC(=O)Cc1ccc(OC)cc1OCc1cc(I)c2oc(CCO)cc2c1. The van der Waals surface area contributed by atoms with E-state index in [9.17, 15) is 4.79 Å². The Balaban J connectivity index is 1.81. The third kappa shape index (κ3) is 5.42. The van der Waals surface area contributed by atoms with Crippen molar-refractivity contribution in [1.82, 2.24) is 0 Å². The number of ether oxygens (including phenoxy) is 3. The third-order valence-electron chi connectivity index (χ3n) is 4.35. The maximum Gasteiger partial charge on any atom is 0.310 e. The number of carbonyl (C=O) groups is 1. The molecule has 0 amide bonds. The summed E-state index contributed by atoms with van der Waals surface area (Å²) in [6.07, 6.45) is 0.619. The molecule has 1 aromatic heterocycles. The number of furan rings is 1. The molecule has 1 heterocycles. The number of esters is 1. The molecule has 0 aliphatic heterocycles. The summed E-state index contributed by atoms with van der Waals surface area (Å²) in [5.74, 6) is 1.69. The first-order valence-corrected chi connectivity index (χ1v) is 10.4. The Morgan fingerprint density at radius 1 is 1.21 bits per heavy atom. The fraction of sp³-hybridized carbons (Fsp3) is 0.318. The van der Waals surface area contributed by atoms with Gasteiger partial charge in [-0.1, -0.05) is 6.07 Å². The summed E-state index contributed by atoms with van der Waals surface area (Å²) in [7, 11) is 1.59. The Hall–Kier alpha value is -2.26. The Labute approximate surface area is 182 Å². The lowest BCUT2D eigenvalue weighted by Gasteiger charge is -2.13. The maximum atomic E-state index is 11.9. The second kappa shape index (κ2) is 9.98. The van der Waals surface area contributed by atoms with E-state index in [4.69, 9.17) is 23.7 Å². The molecule has 0 radical (unpaired) electrons. The number of aliphatic hydroxyl groups excluding tert-OH is 1. The number of aliphatic hydroxyl groups is 1. The first kappa shape index (κ1) is 21.4. The smallest absolute Gasteiger partial charge is 0.310 e. The minimum Gasteiger partial charge on any atom is -0.497 e. The topological polar surface area (TPSA) is 78.1 Å². The third-order valence-corrected chi connectivity index (χ3v) is 5.15. The van der Waals surface area contributed by atoms with E-state index in [1.807, 2.05) is 24.3 Å². The minimum atomic E-state index is -0.298. The van der Waals surface area contributed by atoms with Gasteiger partial charge < -0.3 is 23.7 Å². The van der Waals surface area contributed by atoms with Gasteiger partial charge in [-0.2, -0.15) is 0 Å². The van der Waals surface area contributed by atoms with Crippen LogP contribution in [0.3, 0.4) is 0 Å². The largest absolute Gasteiger partial charge is 0.497 e. The molecular weight excluding hydrogens is 487 g/mol. The highest BCUT2D eigenvalue weighted by Crippen LogP contribution is 2.29. The number of carbonyl (C=O) groups excluding carboxylic acids is 1. The average molecular weight is 510 g/mol. The summed E-state index contributed by atoms with van der Waals surface area (Å²) in [5.41, 5.74) is 2.53. The number of rotatable bonds is 9. The first-order valence-electron chi connectivity index (χ1n) is 9.31. The van der Waals surface area contributed by atoms with Gasteiger partial charge in [0.05, 0.1) is 30.3 Å². The normalized spacial score (nSPS) is 10.9. The van der Waals surface area contributed by atoms with Gasteiger partial charge in [-0.05, 0) is 59.3 Å². The summed E-state index contributed by atoms with van der Waals surface area (Å²) < 4.78 is 23.1. The second-order valence-electron chi connectivity index (χ2n) is 6.43. The van der Waals surface area contributed by atoms with Crippen molar-refractivity contribution in [3.63, 3.8) is 0 Å². The van der Waals surface area contributed by atoms with E-state index in [1.165, 1.54) is 0 Å². The zero-order chi connectivity index (χ0) is 20.8. The van der Waals surface area contributed by atoms with Crippen LogP contribution in [0.15, 0.2) is 40.8 Å². The second-order valence-corrected chi connectivity index (χ2v) is 7.59. The molecule has 0 saturated heterocycles. The quantitative estimate of drug-likeness (QED) is 0.343. The van der Waals surface area contributed by atoms with Crippen molar-refractivity contribution < 1.29 is 28.5 Å². The molecule has 0 saturated carbocycles. The van der Waals surface area contributed by atoms with Crippen LogP contribution in [0.4, 0.5) is 0 Å². The van der Waals surface area contributed by atoms with E-state index >= 15 is 0 Å². The standard InChI is InChI=1S/C22H23IO6/c1-3-27-21(25)11-15-4-5-17(26-2)12-20(15)28-13-14-8-16-10-18(6-7-24)29-22(16)19(23)9-14/h4-5,8-10,12,24H,3,6-7,11,13H2,1-2H3. The molecule has 0 unspecified atom stereocenters. The van der Waals surface area contributed by atoms with E-state index in [1.54, 1.807) is 26.2 Å². The molecule has 29 heavy (non-hydrogen) atoms. The molecule has 1 N–H and O–H groups in total. The molecule has 0 fully saturated rings. The molecule has 0 aliphatic rings. The van der Waals surface area contributed by atoms with Crippen molar-refractivity contribution in [2.45, 2.75) is 26.4 Å². The number of halogens is 1. The number of hydrogen-bond acceptors (Lipinski definition) is 6. The molecule has 3 rings (SSSR count). The summed E-state index contributed by atoms with van der Waals surface area (Å²) >= 11 is 2.23. The van der Waals surface area contributed by atoms with Crippen LogP contribution in [-0.4, -0.2) is 31.4 Å². The van der Waals surface area contributed by atoms with E-state index in [-0.39, 0.29) is 19.0 Å². The maximum absolute atomic E-state index is 11.9. The zero-order valence-electron chi connectivity index (χ0n) is 16.4. The Bertz CT molecular complexity index is 994. The van der Waals surface area contributed by atoms with Crippen LogP contribution >= 0.6 is 22.6 Å². The van der Waals surface area contributed by atoms with Crippen molar-refractivity contribution in [1.29, 1.82) is 0 Å². The Morgan fingerprint density at radius 2 is 2.03 bits per heavy atom. The van der Waals surface area contributed by atoms with Crippen LogP contribution in [0.25, 0.3) is 11.0 Å². The molecule has 3 aromatic rings. The predicted octanol–water partition coefficient (Wildman–Crippen LogP) is 4.27. The highest BCUT2D eigenvalue weighted by Gasteiger charge is 2.13. The van der Waals surface area contributed by atoms with Crippen LogP contribution in [-0.2, 0) is 29.0 Å².